The van der Waals surface area contributed by atoms with Crippen LogP contribution in [0.2, 0.25) is 0 Å². The maximum absolute atomic E-state index is 11.9. The van der Waals surface area contributed by atoms with Crippen LogP contribution in [0.5, 0.6) is 0 Å². The highest BCUT2D eigenvalue weighted by molar-refractivity contribution is 7.07. The minimum absolute atomic E-state index is 0.0507. The lowest BCUT2D eigenvalue weighted by Gasteiger charge is -2.06. The summed E-state index contributed by atoms with van der Waals surface area (Å²) in [7, 11) is 1.58. The van der Waals surface area contributed by atoms with E-state index in [0.717, 1.165) is 6.42 Å². The van der Waals surface area contributed by atoms with Gasteiger partial charge in [-0.25, -0.2) is 0 Å². The molecule has 0 unspecified atom stereocenters. The van der Waals surface area contributed by atoms with Gasteiger partial charge in [-0.2, -0.15) is 11.3 Å². The van der Waals surface area contributed by atoms with Crippen molar-refractivity contribution in [3.8, 4) is 0 Å². The predicted molar refractivity (Wildman–Crippen MR) is 81.1 cm³/mol. The summed E-state index contributed by atoms with van der Waals surface area (Å²) in [6.45, 7) is 0. The number of thiophene rings is 1. The minimum atomic E-state index is -0.167. The van der Waals surface area contributed by atoms with E-state index in [1.807, 2.05) is 16.8 Å². The summed E-state index contributed by atoms with van der Waals surface area (Å²) in [5, 5.41) is 9.40. The molecule has 0 aliphatic heterocycles. The maximum Gasteiger partial charge on any atom is 0.251 e. The monoisotopic (exact) mass is 288 g/mol. The average molecular weight is 288 g/mol. The fourth-order valence-electron chi connectivity index (χ4n) is 1.80. The fraction of sp³-hybridized carbons (Fsp3) is 0.200. The van der Waals surface area contributed by atoms with Gasteiger partial charge in [0.25, 0.3) is 5.91 Å². The number of rotatable bonds is 5. The zero-order valence-electron chi connectivity index (χ0n) is 11.2. The van der Waals surface area contributed by atoms with E-state index in [4.69, 9.17) is 0 Å². The van der Waals surface area contributed by atoms with Crippen LogP contribution < -0.4 is 10.6 Å². The molecule has 1 heterocycles. The lowest BCUT2D eigenvalue weighted by Crippen LogP contribution is -2.18. The predicted octanol–water partition coefficient (Wildman–Crippen LogP) is 2.68. The second kappa shape index (κ2) is 6.86. The van der Waals surface area contributed by atoms with Crippen LogP contribution in [0.15, 0.2) is 41.1 Å². The molecule has 1 aromatic heterocycles. The van der Waals surface area contributed by atoms with Crippen LogP contribution in [0.3, 0.4) is 0 Å². The van der Waals surface area contributed by atoms with Gasteiger partial charge >= 0.3 is 0 Å². The van der Waals surface area contributed by atoms with Gasteiger partial charge in [0.05, 0.1) is 0 Å². The average Bonchev–Trinajstić information content (AvgIpc) is 2.98. The van der Waals surface area contributed by atoms with Gasteiger partial charge in [-0.1, -0.05) is 6.07 Å². The summed E-state index contributed by atoms with van der Waals surface area (Å²) in [6, 6.07) is 8.92. The molecule has 0 saturated heterocycles. The van der Waals surface area contributed by atoms with Crippen LogP contribution in [0.25, 0.3) is 0 Å². The lowest BCUT2D eigenvalue weighted by molar-refractivity contribution is -0.116. The number of nitrogens with one attached hydrogen (secondary N) is 2. The number of benzene rings is 1. The molecule has 0 atom stereocenters. The normalized spacial score (nSPS) is 10.1. The summed E-state index contributed by atoms with van der Waals surface area (Å²) in [6.07, 6.45) is 1.16. The number of carbonyl (C=O) groups excluding carboxylic acids is 2. The third kappa shape index (κ3) is 3.93. The molecule has 0 fully saturated rings. The number of anilines is 1. The summed E-state index contributed by atoms with van der Waals surface area (Å²) in [5.41, 5.74) is 2.34. The zero-order valence-corrected chi connectivity index (χ0v) is 12.0. The Labute approximate surface area is 121 Å². The molecule has 2 N–H and O–H groups in total. The molecule has 20 heavy (non-hydrogen) atoms. The van der Waals surface area contributed by atoms with Crippen LogP contribution in [0.4, 0.5) is 5.69 Å². The fourth-order valence-corrected chi connectivity index (χ4v) is 2.50. The molecular formula is C15H16N2O2S. The van der Waals surface area contributed by atoms with Crippen LogP contribution in [-0.4, -0.2) is 18.9 Å². The highest BCUT2D eigenvalue weighted by Gasteiger charge is 2.06. The van der Waals surface area contributed by atoms with Crippen LogP contribution in [-0.2, 0) is 11.2 Å². The highest BCUT2D eigenvalue weighted by atomic mass is 32.1. The highest BCUT2D eigenvalue weighted by Crippen LogP contribution is 2.12. The number of amides is 2. The van der Waals surface area contributed by atoms with Gasteiger partial charge in [0.1, 0.15) is 0 Å². The van der Waals surface area contributed by atoms with E-state index in [1.165, 1.54) is 5.56 Å². The van der Waals surface area contributed by atoms with Crippen molar-refractivity contribution in [2.75, 3.05) is 12.4 Å². The molecule has 0 saturated carbocycles. The van der Waals surface area contributed by atoms with Crippen LogP contribution >= 0.6 is 11.3 Å². The first kappa shape index (κ1) is 14.3. The van der Waals surface area contributed by atoms with E-state index in [2.05, 4.69) is 10.6 Å². The molecule has 0 aliphatic rings. The Bertz CT molecular complexity index is 594. The largest absolute Gasteiger partial charge is 0.355 e. The van der Waals surface area contributed by atoms with Gasteiger partial charge in [-0.15, -0.1) is 0 Å². The second-order valence-corrected chi connectivity index (χ2v) is 5.12. The summed E-state index contributed by atoms with van der Waals surface area (Å²) in [4.78, 5) is 23.4. The van der Waals surface area contributed by atoms with Gasteiger partial charge in [0.15, 0.2) is 0 Å². The number of aryl methyl sites for hydroxylation is 1. The summed E-state index contributed by atoms with van der Waals surface area (Å²) >= 11 is 1.63. The Morgan fingerprint density at radius 2 is 2.10 bits per heavy atom. The van der Waals surface area contributed by atoms with Gasteiger partial charge in [-0.05, 0) is 47.0 Å². The second-order valence-electron chi connectivity index (χ2n) is 4.34. The Kier molecular flexibility index (Phi) is 4.90. The molecule has 0 radical (unpaired) electrons. The van der Waals surface area contributed by atoms with Crippen molar-refractivity contribution >= 4 is 28.8 Å². The van der Waals surface area contributed by atoms with Crippen molar-refractivity contribution in [3.63, 3.8) is 0 Å². The van der Waals surface area contributed by atoms with Gasteiger partial charge in [-0.3, -0.25) is 9.59 Å². The Morgan fingerprint density at radius 1 is 1.25 bits per heavy atom. The van der Waals surface area contributed by atoms with Crippen molar-refractivity contribution in [1.82, 2.24) is 5.32 Å². The molecule has 104 valence electrons. The van der Waals surface area contributed by atoms with Gasteiger partial charge in [0.2, 0.25) is 5.91 Å². The molecule has 0 bridgehead atoms. The Morgan fingerprint density at radius 3 is 2.80 bits per heavy atom. The molecule has 1 aromatic carbocycles. The maximum atomic E-state index is 11.9. The third-order valence-electron chi connectivity index (χ3n) is 2.86. The first-order chi connectivity index (χ1) is 9.69. The summed E-state index contributed by atoms with van der Waals surface area (Å²) in [5.74, 6) is -0.218. The van der Waals surface area contributed by atoms with E-state index in [1.54, 1.807) is 42.6 Å². The molecule has 5 heteroatoms. The smallest absolute Gasteiger partial charge is 0.251 e. The molecule has 4 nitrogen and oxygen atoms in total. The number of hydrogen-bond acceptors (Lipinski definition) is 3. The topological polar surface area (TPSA) is 58.2 Å². The first-order valence-electron chi connectivity index (χ1n) is 6.32. The Hall–Kier alpha value is -2.14. The minimum Gasteiger partial charge on any atom is -0.355 e. The number of carbonyl (C=O) groups is 2. The van der Waals surface area contributed by atoms with Gasteiger partial charge < -0.3 is 10.6 Å². The van der Waals surface area contributed by atoms with Crippen molar-refractivity contribution in [2.24, 2.45) is 0 Å². The summed E-state index contributed by atoms with van der Waals surface area (Å²) < 4.78 is 0. The molecule has 2 amide bonds. The number of hydrogen-bond donors (Lipinski definition) is 2. The van der Waals surface area contributed by atoms with Crippen molar-refractivity contribution in [3.05, 3.63) is 52.2 Å². The van der Waals surface area contributed by atoms with E-state index >= 15 is 0 Å². The molecule has 2 rings (SSSR count). The zero-order chi connectivity index (χ0) is 14.4. The van der Waals surface area contributed by atoms with Crippen molar-refractivity contribution < 1.29 is 9.59 Å². The van der Waals surface area contributed by atoms with E-state index < -0.39 is 0 Å². The van der Waals surface area contributed by atoms with Crippen LogP contribution in [0, 0.1) is 0 Å². The van der Waals surface area contributed by atoms with Crippen molar-refractivity contribution in [1.29, 1.82) is 0 Å². The van der Waals surface area contributed by atoms with E-state index in [0.29, 0.717) is 17.7 Å². The Balaban J connectivity index is 1.92. The SMILES string of the molecule is CNC(=O)c1cccc(NC(=O)CCc2ccsc2)c1. The third-order valence-corrected chi connectivity index (χ3v) is 3.59. The molecule has 0 spiro atoms. The molecule has 2 aromatic rings. The molecular weight excluding hydrogens is 272 g/mol. The quantitative estimate of drug-likeness (QED) is 0.888. The molecule has 0 aliphatic carbocycles. The first-order valence-corrected chi connectivity index (χ1v) is 7.26. The van der Waals surface area contributed by atoms with E-state index in [-0.39, 0.29) is 11.8 Å². The standard InChI is InChI=1S/C15H16N2O2S/c1-16-15(19)12-3-2-4-13(9-12)17-14(18)6-5-11-7-8-20-10-11/h2-4,7-10H,5-6H2,1H3,(H,16,19)(H,17,18). The van der Waals surface area contributed by atoms with Crippen molar-refractivity contribution in [2.45, 2.75) is 12.8 Å². The van der Waals surface area contributed by atoms with Gasteiger partial charge in [0, 0.05) is 24.7 Å². The lowest BCUT2D eigenvalue weighted by atomic mass is 10.1. The van der Waals surface area contributed by atoms with E-state index in [9.17, 15) is 9.59 Å². The van der Waals surface area contributed by atoms with Crippen LogP contribution in [0.1, 0.15) is 22.3 Å².